The van der Waals surface area contributed by atoms with Crippen LogP contribution in [0.4, 0.5) is 27.6 Å². The number of nitrogens with zero attached hydrogens (tertiary/aromatic N) is 1. The van der Waals surface area contributed by atoms with E-state index in [1.807, 2.05) is 0 Å². The molecule has 1 aliphatic rings. The van der Waals surface area contributed by atoms with Crippen LogP contribution >= 0.6 is 0 Å². The second kappa shape index (κ2) is 9.52. The number of alkyl halides is 3. The molecule has 0 unspecified atom stereocenters. The van der Waals surface area contributed by atoms with Crippen molar-refractivity contribution >= 4 is 17.5 Å². The molecule has 5 rings (SSSR count). The lowest BCUT2D eigenvalue weighted by Gasteiger charge is -2.42. The number of fused-ring (bicyclic) bond motifs is 1. The van der Waals surface area contributed by atoms with Crippen LogP contribution in [0.1, 0.15) is 32.6 Å². The molecule has 0 spiro atoms. The minimum atomic E-state index is -4.72. The van der Waals surface area contributed by atoms with Gasteiger partial charge < -0.3 is 0 Å². The number of carbonyl (C=O) groups is 2. The maximum atomic E-state index is 14.9. The van der Waals surface area contributed by atoms with E-state index in [1.165, 1.54) is 48.5 Å². The van der Waals surface area contributed by atoms with Gasteiger partial charge in [-0.2, -0.15) is 13.2 Å². The molecule has 0 aliphatic carbocycles. The van der Waals surface area contributed by atoms with E-state index in [4.69, 9.17) is 0 Å². The van der Waals surface area contributed by atoms with E-state index in [2.05, 4.69) is 0 Å². The highest BCUT2D eigenvalue weighted by atomic mass is 19.4. The van der Waals surface area contributed by atoms with Gasteiger partial charge in [0.2, 0.25) is 5.91 Å². The molecule has 4 aromatic carbocycles. The number of benzene rings is 4. The molecule has 3 nitrogen and oxygen atoms in total. The van der Waals surface area contributed by atoms with Crippen molar-refractivity contribution in [1.82, 2.24) is 0 Å². The smallest absolute Gasteiger partial charge is 0.273 e. The predicted molar refractivity (Wildman–Crippen MR) is 132 cm³/mol. The quantitative estimate of drug-likeness (QED) is 0.212. The third-order valence-corrected chi connectivity index (χ3v) is 6.82. The highest BCUT2D eigenvalue weighted by Crippen LogP contribution is 2.43. The van der Waals surface area contributed by atoms with E-state index in [1.54, 1.807) is 30.3 Å². The van der Waals surface area contributed by atoms with Gasteiger partial charge in [0.05, 0.1) is 16.7 Å². The molecule has 4 aromatic rings. The van der Waals surface area contributed by atoms with Gasteiger partial charge in [0.15, 0.2) is 0 Å². The number of amides is 2. The summed E-state index contributed by atoms with van der Waals surface area (Å²) in [6.07, 6.45) is -5.23. The van der Waals surface area contributed by atoms with Crippen LogP contribution in [0.2, 0.25) is 0 Å². The second-order valence-electron chi connectivity index (χ2n) is 9.16. The van der Waals surface area contributed by atoms with E-state index in [0.29, 0.717) is 4.90 Å². The van der Waals surface area contributed by atoms with Crippen molar-refractivity contribution in [3.63, 3.8) is 0 Å². The Morgan fingerprint density at radius 3 is 1.82 bits per heavy atom. The van der Waals surface area contributed by atoms with Gasteiger partial charge in [-0.25, -0.2) is 13.7 Å². The van der Waals surface area contributed by atoms with Crippen LogP contribution in [0, 0.1) is 11.6 Å². The summed E-state index contributed by atoms with van der Waals surface area (Å²) in [6.45, 7) is 0. The van der Waals surface area contributed by atoms with Gasteiger partial charge in [-0.3, -0.25) is 9.59 Å². The molecule has 0 fully saturated rings. The highest BCUT2D eigenvalue weighted by Gasteiger charge is 2.52. The zero-order valence-electron chi connectivity index (χ0n) is 19.8. The maximum absolute atomic E-state index is 14.9. The fraction of sp³-hybridized carbons (Fsp3) is 0.133. The van der Waals surface area contributed by atoms with Crippen LogP contribution in [0.15, 0.2) is 97.1 Å². The number of hydrogen-bond donors (Lipinski definition) is 0. The van der Waals surface area contributed by atoms with Gasteiger partial charge in [0.1, 0.15) is 11.6 Å². The number of rotatable bonds is 5. The first-order valence-electron chi connectivity index (χ1n) is 11.7. The zero-order valence-corrected chi connectivity index (χ0v) is 19.8. The normalized spacial score (nSPS) is 14.9. The Morgan fingerprint density at radius 2 is 1.24 bits per heavy atom. The van der Waals surface area contributed by atoms with E-state index >= 15 is 0 Å². The average Bonchev–Trinajstić information content (AvgIpc) is 2.90. The molecule has 2 amide bonds. The van der Waals surface area contributed by atoms with E-state index in [-0.39, 0.29) is 40.8 Å². The van der Waals surface area contributed by atoms with E-state index < -0.39 is 40.6 Å². The molecule has 0 aromatic heterocycles. The predicted octanol–water partition coefficient (Wildman–Crippen LogP) is 6.89. The Morgan fingerprint density at radius 1 is 0.684 bits per heavy atom. The summed E-state index contributed by atoms with van der Waals surface area (Å²) in [5.41, 5.74) is -2.42. The van der Waals surface area contributed by atoms with Gasteiger partial charge in [0, 0.05) is 5.56 Å². The highest BCUT2D eigenvalue weighted by molar-refractivity contribution is 6.27. The van der Waals surface area contributed by atoms with Crippen molar-refractivity contribution in [2.45, 2.75) is 24.4 Å². The zero-order chi connectivity index (χ0) is 27.1. The fourth-order valence-corrected chi connectivity index (χ4v) is 5.02. The molecule has 38 heavy (non-hydrogen) atoms. The summed E-state index contributed by atoms with van der Waals surface area (Å²) in [5, 5.41) is 0. The molecule has 0 saturated heterocycles. The Hall–Kier alpha value is -4.33. The SMILES string of the molecule is O=C1c2ccccc2C(Cc2ccccc2F)(Cc2ccccc2F)C(=O)N1c1cccc(C(F)(F)F)c1. The number of imide groups is 1. The first kappa shape index (κ1) is 25.3. The van der Waals surface area contributed by atoms with Gasteiger partial charge in [0.25, 0.3) is 5.91 Å². The van der Waals surface area contributed by atoms with Gasteiger partial charge in [-0.15, -0.1) is 0 Å². The molecule has 8 heteroatoms. The third-order valence-electron chi connectivity index (χ3n) is 6.82. The molecule has 0 bridgehead atoms. The number of carbonyl (C=O) groups excluding carboxylic acids is 2. The molecular weight excluding hydrogens is 501 g/mol. The van der Waals surface area contributed by atoms with Crippen LogP contribution in [0.5, 0.6) is 0 Å². The Balaban J connectivity index is 1.77. The number of hydrogen-bond acceptors (Lipinski definition) is 2. The van der Waals surface area contributed by atoms with Crippen LogP contribution in [0.3, 0.4) is 0 Å². The largest absolute Gasteiger partial charge is 0.416 e. The summed E-state index contributed by atoms with van der Waals surface area (Å²) in [7, 11) is 0. The number of halogens is 5. The Bertz CT molecular complexity index is 1500. The molecule has 0 atom stereocenters. The van der Waals surface area contributed by atoms with Crippen molar-refractivity contribution in [3.05, 3.63) is 137 Å². The molecular formula is C30H20F5NO2. The first-order chi connectivity index (χ1) is 18.1. The average molecular weight is 521 g/mol. The van der Waals surface area contributed by atoms with Gasteiger partial charge >= 0.3 is 6.18 Å². The number of anilines is 1. The van der Waals surface area contributed by atoms with Crippen LogP contribution < -0.4 is 4.90 Å². The topological polar surface area (TPSA) is 37.4 Å². The minimum Gasteiger partial charge on any atom is -0.273 e. The van der Waals surface area contributed by atoms with E-state index in [9.17, 15) is 31.5 Å². The molecule has 192 valence electrons. The lowest BCUT2D eigenvalue weighted by molar-refractivity contribution is -0.137. The van der Waals surface area contributed by atoms with Gasteiger partial charge in [-0.05, 0) is 65.9 Å². The summed E-state index contributed by atoms with van der Waals surface area (Å²) in [5.74, 6) is -2.89. The lowest BCUT2D eigenvalue weighted by Crippen LogP contribution is -2.57. The first-order valence-corrected chi connectivity index (χ1v) is 11.7. The Labute approximate surface area is 215 Å². The third kappa shape index (κ3) is 4.36. The standard InChI is InChI=1S/C30H20F5NO2/c31-25-14-5-1-8-19(25)17-29(18-20-9-2-6-15-26(20)32)24-13-4-3-12-23(24)27(37)36(28(29)38)22-11-7-10-21(16-22)30(33,34)35/h1-16H,17-18H2. The van der Waals surface area contributed by atoms with Crippen LogP contribution in [0.25, 0.3) is 0 Å². The summed E-state index contributed by atoms with van der Waals surface area (Å²) < 4.78 is 70.4. The molecule has 1 heterocycles. The Kier molecular flexibility index (Phi) is 6.34. The van der Waals surface area contributed by atoms with Crippen molar-refractivity contribution in [2.75, 3.05) is 4.90 Å². The minimum absolute atomic E-state index is 0.0668. The summed E-state index contributed by atoms with van der Waals surface area (Å²) in [6, 6.07) is 21.6. The molecule has 1 aliphatic heterocycles. The van der Waals surface area contributed by atoms with Crippen molar-refractivity contribution in [1.29, 1.82) is 0 Å². The molecule has 0 radical (unpaired) electrons. The fourth-order valence-electron chi connectivity index (χ4n) is 5.02. The van der Waals surface area contributed by atoms with Crippen molar-refractivity contribution < 1.29 is 31.5 Å². The summed E-state index contributed by atoms with van der Waals surface area (Å²) in [4.78, 5) is 28.7. The van der Waals surface area contributed by atoms with Crippen LogP contribution in [-0.2, 0) is 29.2 Å². The molecule has 0 N–H and O–H groups in total. The monoisotopic (exact) mass is 521 g/mol. The van der Waals surface area contributed by atoms with Crippen molar-refractivity contribution in [2.24, 2.45) is 0 Å². The van der Waals surface area contributed by atoms with E-state index in [0.717, 1.165) is 18.2 Å². The lowest BCUT2D eigenvalue weighted by atomic mass is 9.66. The second-order valence-corrected chi connectivity index (χ2v) is 9.16. The maximum Gasteiger partial charge on any atom is 0.416 e. The summed E-state index contributed by atoms with van der Waals surface area (Å²) >= 11 is 0. The van der Waals surface area contributed by atoms with Crippen molar-refractivity contribution in [3.8, 4) is 0 Å². The molecule has 0 saturated carbocycles. The van der Waals surface area contributed by atoms with Crippen LogP contribution in [-0.4, -0.2) is 11.8 Å². The van der Waals surface area contributed by atoms with Gasteiger partial charge in [-0.1, -0.05) is 60.7 Å².